The Morgan fingerprint density at radius 2 is 1.71 bits per heavy atom. The van der Waals surface area contributed by atoms with Gasteiger partial charge in [0.15, 0.2) is 11.5 Å². The van der Waals surface area contributed by atoms with Crippen molar-refractivity contribution in [3.63, 3.8) is 0 Å². The van der Waals surface area contributed by atoms with Gasteiger partial charge in [0.1, 0.15) is 10.7 Å². The molecule has 0 radical (unpaired) electrons. The van der Waals surface area contributed by atoms with Gasteiger partial charge in [-0.3, -0.25) is 0 Å². The molecule has 1 aromatic carbocycles. The maximum Gasteiger partial charge on any atom is 0.244 e. The van der Waals surface area contributed by atoms with Crippen LogP contribution in [0.1, 0.15) is 13.8 Å². The topological polar surface area (TPSA) is 90.7 Å². The van der Waals surface area contributed by atoms with Crippen LogP contribution in [0.25, 0.3) is 0 Å². The zero-order valence-electron chi connectivity index (χ0n) is 12.3. The average Bonchev–Trinajstić information content (AvgIpc) is 2.36. The summed E-state index contributed by atoms with van der Waals surface area (Å²) in [7, 11) is -1.39. The number of ether oxygens (including phenoxy) is 2. The number of hydrogen-bond donors (Lipinski definition) is 2. The number of nitrogens with one attached hydrogen (secondary N) is 1. The largest absolute Gasteiger partial charge is 0.493 e. The van der Waals surface area contributed by atoms with E-state index in [0.29, 0.717) is 0 Å². The summed E-state index contributed by atoms with van der Waals surface area (Å²) in [5, 5.41) is 0. The van der Waals surface area contributed by atoms with Gasteiger partial charge in [-0.2, -0.15) is 0 Å². The van der Waals surface area contributed by atoms with Gasteiger partial charge in [-0.15, -0.1) is 12.4 Å². The summed E-state index contributed by atoms with van der Waals surface area (Å²) < 4.78 is 50.5. The third-order valence-electron chi connectivity index (χ3n) is 2.65. The van der Waals surface area contributed by atoms with Crippen LogP contribution in [-0.2, 0) is 10.0 Å². The van der Waals surface area contributed by atoms with Gasteiger partial charge < -0.3 is 15.2 Å². The van der Waals surface area contributed by atoms with E-state index in [0.717, 1.165) is 12.1 Å². The molecule has 3 N–H and O–H groups in total. The smallest absolute Gasteiger partial charge is 0.244 e. The van der Waals surface area contributed by atoms with Crippen molar-refractivity contribution in [1.82, 2.24) is 4.72 Å². The molecule has 122 valence electrons. The number of nitrogens with two attached hydrogens (primary N) is 1. The second-order valence-electron chi connectivity index (χ2n) is 4.83. The maximum atomic E-state index is 13.9. The highest BCUT2D eigenvalue weighted by atomic mass is 35.5. The molecule has 1 aromatic rings. The van der Waals surface area contributed by atoms with Crippen LogP contribution in [0, 0.1) is 5.82 Å². The van der Waals surface area contributed by atoms with E-state index in [1.54, 1.807) is 13.8 Å². The molecule has 0 heterocycles. The molecule has 0 aliphatic heterocycles. The molecule has 0 saturated carbocycles. The quantitative estimate of drug-likeness (QED) is 0.812. The van der Waals surface area contributed by atoms with Crippen molar-refractivity contribution in [1.29, 1.82) is 0 Å². The lowest BCUT2D eigenvalue weighted by atomic mass is 10.1. The van der Waals surface area contributed by atoms with E-state index in [4.69, 9.17) is 15.2 Å². The standard InChI is InChI=1S/C12H19FN2O4S.ClH/c1-12(2,7-14)15-20(16,17)11-6-10(19-4)9(18-3)5-8(11)13;/h5-6,15H,7,14H2,1-4H3;1H. The molecule has 1 rings (SSSR count). The third-order valence-corrected chi connectivity index (χ3v) is 4.36. The van der Waals surface area contributed by atoms with Gasteiger partial charge in [-0.1, -0.05) is 0 Å². The van der Waals surface area contributed by atoms with Crippen LogP contribution in [0.4, 0.5) is 4.39 Å². The Kier molecular flexibility index (Phi) is 6.88. The highest BCUT2D eigenvalue weighted by molar-refractivity contribution is 7.89. The molecule has 0 saturated heterocycles. The van der Waals surface area contributed by atoms with E-state index in [1.165, 1.54) is 14.2 Å². The molecular weight excluding hydrogens is 323 g/mol. The number of sulfonamides is 1. The summed E-state index contributed by atoms with van der Waals surface area (Å²) in [6.07, 6.45) is 0. The normalized spacial score (nSPS) is 11.7. The summed E-state index contributed by atoms with van der Waals surface area (Å²) in [5.74, 6) is -0.690. The fourth-order valence-corrected chi connectivity index (χ4v) is 3.00. The van der Waals surface area contributed by atoms with E-state index >= 15 is 0 Å². The molecule has 0 bridgehead atoms. The summed E-state index contributed by atoms with van der Waals surface area (Å²) >= 11 is 0. The fourth-order valence-electron chi connectivity index (χ4n) is 1.50. The highest BCUT2D eigenvalue weighted by Crippen LogP contribution is 2.32. The minimum atomic E-state index is -4.06. The van der Waals surface area contributed by atoms with Crippen molar-refractivity contribution in [2.24, 2.45) is 5.73 Å². The van der Waals surface area contributed by atoms with Crippen LogP contribution in [0.5, 0.6) is 11.5 Å². The highest BCUT2D eigenvalue weighted by Gasteiger charge is 2.28. The first-order valence-electron chi connectivity index (χ1n) is 5.82. The summed E-state index contributed by atoms with van der Waals surface area (Å²) in [6, 6.07) is 2.03. The van der Waals surface area contributed by atoms with E-state index in [-0.39, 0.29) is 30.5 Å². The molecule has 0 aromatic heterocycles. The Morgan fingerprint density at radius 1 is 1.24 bits per heavy atom. The van der Waals surface area contributed by atoms with Crippen molar-refractivity contribution in [2.45, 2.75) is 24.3 Å². The molecule has 0 atom stereocenters. The fraction of sp³-hybridized carbons (Fsp3) is 0.500. The maximum absolute atomic E-state index is 13.9. The van der Waals surface area contributed by atoms with Crippen molar-refractivity contribution in [2.75, 3.05) is 20.8 Å². The molecule has 21 heavy (non-hydrogen) atoms. The first-order valence-corrected chi connectivity index (χ1v) is 7.30. The van der Waals surface area contributed by atoms with Crippen molar-refractivity contribution >= 4 is 22.4 Å². The second kappa shape index (κ2) is 7.26. The monoisotopic (exact) mass is 342 g/mol. The summed E-state index contributed by atoms with van der Waals surface area (Å²) in [5.41, 5.74) is 4.58. The predicted octanol–water partition coefficient (Wildman–Crippen LogP) is 1.28. The zero-order chi connectivity index (χ0) is 15.6. The van der Waals surface area contributed by atoms with Crippen LogP contribution in [0.2, 0.25) is 0 Å². The molecule has 0 fully saturated rings. The van der Waals surface area contributed by atoms with E-state index in [1.807, 2.05) is 0 Å². The minimum Gasteiger partial charge on any atom is -0.493 e. The Morgan fingerprint density at radius 3 is 2.14 bits per heavy atom. The Balaban J connectivity index is 0.00000400. The van der Waals surface area contributed by atoms with Crippen LogP contribution < -0.4 is 19.9 Å². The van der Waals surface area contributed by atoms with Crippen molar-refractivity contribution in [3.8, 4) is 11.5 Å². The number of benzene rings is 1. The van der Waals surface area contributed by atoms with Gasteiger partial charge >= 0.3 is 0 Å². The SMILES string of the molecule is COc1cc(F)c(S(=O)(=O)NC(C)(C)CN)cc1OC.Cl. The molecule has 0 amide bonds. The molecule has 0 aliphatic carbocycles. The van der Waals surface area contributed by atoms with Gasteiger partial charge in [0, 0.05) is 24.2 Å². The van der Waals surface area contributed by atoms with Gasteiger partial charge in [-0.25, -0.2) is 17.5 Å². The van der Waals surface area contributed by atoms with Gasteiger partial charge in [-0.05, 0) is 13.8 Å². The Hall–Kier alpha value is -1.09. The number of rotatable bonds is 6. The average molecular weight is 343 g/mol. The van der Waals surface area contributed by atoms with Crippen LogP contribution >= 0.6 is 12.4 Å². The molecule has 0 spiro atoms. The third kappa shape index (κ3) is 4.70. The van der Waals surface area contributed by atoms with Gasteiger partial charge in [0.25, 0.3) is 0 Å². The summed E-state index contributed by atoms with van der Waals surface area (Å²) in [6.45, 7) is 3.27. The zero-order valence-corrected chi connectivity index (χ0v) is 13.9. The lowest BCUT2D eigenvalue weighted by Gasteiger charge is -2.24. The predicted molar refractivity (Wildman–Crippen MR) is 80.2 cm³/mol. The molecule has 9 heteroatoms. The van der Waals surface area contributed by atoms with Crippen molar-refractivity contribution in [3.05, 3.63) is 17.9 Å². The molecule has 0 aliphatic rings. The summed E-state index contributed by atoms with van der Waals surface area (Å²) in [4.78, 5) is -0.517. The number of halogens is 2. The van der Waals surface area contributed by atoms with Crippen LogP contribution in [0.3, 0.4) is 0 Å². The van der Waals surface area contributed by atoms with E-state index in [2.05, 4.69) is 4.72 Å². The van der Waals surface area contributed by atoms with Crippen molar-refractivity contribution < 1.29 is 22.3 Å². The number of hydrogen-bond acceptors (Lipinski definition) is 5. The Bertz CT molecular complexity index is 593. The Labute approximate surface area is 130 Å². The first-order chi connectivity index (χ1) is 9.16. The van der Waals surface area contributed by atoms with Crippen LogP contribution in [-0.4, -0.2) is 34.7 Å². The second-order valence-corrected chi connectivity index (χ2v) is 6.48. The van der Waals surface area contributed by atoms with Crippen LogP contribution in [0.15, 0.2) is 17.0 Å². The van der Waals surface area contributed by atoms with E-state index < -0.39 is 26.3 Å². The number of methoxy groups -OCH3 is 2. The molecule has 6 nitrogen and oxygen atoms in total. The molecule has 0 unspecified atom stereocenters. The van der Waals surface area contributed by atoms with Gasteiger partial charge in [0.05, 0.1) is 14.2 Å². The van der Waals surface area contributed by atoms with Gasteiger partial charge in [0.2, 0.25) is 10.0 Å². The lowest BCUT2D eigenvalue weighted by molar-refractivity contribution is 0.350. The minimum absolute atomic E-state index is 0. The first kappa shape index (κ1) is 19.9. The molecular formula is C12H20ClFN2O4S. The lowest BCUT2D eigenvalue weighted by Crippen LogP contribution is -2.48. The van der Waals surface area contributed by atoms with E-state index in [9.17, 15) is 12.8 Å².